The van der Waals surface area contributed by atoms with Crippen LogP contribution in [0, 0.1) is 0 Å². The van der Waals surface area contributed by atoms with Crippen LogP contribution in [-0.4, -0.2) is 26.2 Å². The Morgan fingerprint density at radius 1 is 1.57 bits per heavy atom. The number of carbonyl (C=O) groups is 1. The number of aromatic nitrogens is 2. The van der Waals surface area contributed by atoms with Gasteiger partial charge in [0.25, 0.3) is 0 Å². The topological polar surface area (TPSA) is 86.2 Å². The minimum absolute atomic E-state index is 0.0295. The minimum atomic E-state index is -1.19. The molecule has 2 aromatic rings. The van der Waals surface area contributed by atoms with Crippen LogP contribution >= 0.6 is 11.6 Å². The van der Waals surface area contributed by atoms with Crippen LogP contribution in [0.5, 0.6) is 5.75 Å². The van der Waals surface area contributed by atoms with Crippen molar-refractivity contribution in [3.05, 3.63) is 23.0 Å². The second-order valence-corrected chi connectivity index (χ2v) is 3.05. The molecule has 0 aliphatic heterocycles. The molecule has 0 fully saturated rings. The summed E-state index contributed by atoms with van der Waals surface area (Å²) in [5, 5.41) is 18.3. The summed E-state index contributed by atoms with van der Waals surface area (Å²) in [5.74, 6) is -1.28. The van der Waals surface area contributed by atoms with Crippen LogP contribution in [0.3, 0.4) is 0 Å². The first-order valence-corrected chi connectivity index (χ1v) is 4.07. The molecule has 0 bridgehead atoms. The number of fused-ring (bicyclic) bond motifs is 1. The smallest absolute Gasteiger partial charge is 0.353 e. The molecule has 0 saturated heterocycles. The van der Waals surface area contributed by atoms with Crippen molar-refractivity contribution in [3.8, 4) is 5.75 Å². The molecule has 2 rings (SSSR count). The molecule has 6 heteroatoms. The monoisotopic (exact) mass is 212 g/mol. The summed E-state index contributed by atoms with van der Waals surface area (Å²) in [4.78, 5) is 17.0. The van der Waals surface area contributed by atoms with E-state index in [1.54, 1.807) is 0 Å². The molecule has 14 heavy (non-hydrogen) atoms. The number of aromatic carboxylic acids is 1. The number of H-pyrrole nitrogens is 1. The van der Waals surface area contributed by atoms with E-state index in [9.17, 15) is 9.90 Å². The van der Waals surface area contributed by atoms with Gasteiger partial charge in [0.15, 0.2) is 0 Å². The maximum atomic E-state index is 10.7. The molecule has 0 aliphatic rings. The lowest BCUT2D eigenvalue weighted by Crippen LogP contribution is -1.96. The van der Waals surface area contributed by atoms with E-state index < -0.39 is 5.97 Å². The molecule has 0 aliphatic carbocycles. The highest BCUT2D eigenvalue weighted by atomic mass is 35.5. The van der Waals surface area contributed by atoms with Crippen molar-refractivity contribution in [1.29, 1.82) is 0 Å². The van der Waals surface area contributed by atoms with Crippen LogP contribution in [0.2, 0.25) is 5.02 Å². The number of aromatic hydroxyl groups is 1. The number of nitrogens with one attached hydrogen (secondary N) is 1. The molecule has 0 saturated carbocycles. The zero-order valence-electron chi connectivity index (χ0n) is 6.78. The maximum Gasteiger partial charge on any atom is 0.353 e. The van der Waals surface area contributed by atoms with Crippen molar-refractivity contribution in [3.63, 3.8) is 0 Å². The molecular formula is C8H5ClN2O3. The van der Waals surface area contributed by atoms with Gasteiger partial charge in [-0.05, 0) is 6.07 Å². The molecular weight excluding hydrogens is 208 g/mol. The first-order valence-electron chi connectivity index (χ1n) is 3.69. The van der Waals surface area contributed by atoms with Crippen molar-refractivity contribution >= 4 is 28.6 Å². The van der Waals surface area contributed by atoms with E-state index in [-0.39, 0.29) is 27.5 Å². The quantitative estimate of drug-likeness (QED) is 0.671. The standard InChI is InChI=1S/C8H5ClN2O3/c9-5-4-3(12)1-2-10-7(4)11-6(5)8(13)14/h1-2H,(H,13,14)(H2,10,11,12). The van der Waals surface area contributed by atoms with Gasteiger partial charge in [-0.25, -0.2) is 9.78 Å². The molecule has 0 unspecified atom stereocenters. The summed E-state index contributed by atoms with van der Waals surface area (Å²) in [6, 6.07) is 1.34. The third kappa shape index (κ3) is 1.10. The number of hydrogen-bond donors (Lipinski definition) is 3. The van der Waals surface area contributed by atoms with E-state index in [0.717, 1.165) is 0 Å². The predicted molar refractivity (Wildman–Crippen MR) is 49.7 cm³/mol. The second kappa shape index (κ2) is 2.88. The van der Waals surface area contributed by atoms with Gasteiger partial charge in [-0.3, -0.25) is 0 Å². The predicted octanol–water partition coefficient (Wildman–Crippen LogP) is 1.62. The lowest BCUT2D eigenvalue weighted by molar-refractivity contribution is 0.0691. The van der Waals surface area contributed by atoms with Crippen LogP contribution in [-0.2, 0) is 0 Å². The Kier molecular flexibility index (Phi) is 1.82. The van der Waals surface area contributed by atoms with Gasteiger partial charge in [-0.1, -0.05) is 11.6 Å². The summed E-state index contributed by atoms with van der Waals surface area (Å²) in [6.45, 7) is 0. The molecule has 5 nitrogen and oxygen atoms in total. The van der Waals surface area contributed by atoms with Gasteiger partial charge in [0.1, 0.15) is 17.1 Å². The van der Waals surface area contributed by atoms with E-state index in [2.05, 4.69) is 9.97 Å². The Bertz CT molecular complexity index is 521. The zero-order chi connectivity index (χ0) is 10.3. The molecule has 72 valence electrons. The normalized spacial score (nSPS) is 10.6. The average Bonchev–Trinajstić information content (AvgIpc) is 2.45. The van der Waals surface area contributed by atoms with Crippen molar-refractivity contribution < 1.29 is 15.0 Å². The van der Waals surface area contributed by atoms with Gasteiger partial charge in [-0.15, -0.1) is 0 Å². The number of carboxylic acids is 1. The van der Waals surface area contributed by atoms with Crippen molar-refractivity contribution in [1.82, 2.24) is 9.97 Å². The average molecular weight is 213 g/mol. The van der Waals surface area contributed by atoms with Crippen LogP contribution in [0.15, 0.2) is 12.3 Å². The van der Waals surface area contributed by atoms with Gasteiger partial charge in [0.2, 0.25) is 0 Å². The van der Waals surface area contributed by atoms with Crippen LogP contribution < -0.4 is 0 Å². The summed E-state index contributed by atoms with van der Waals surface area (Å²) < 4.78 is 0. The van der Waals surface area contributed by atoms with Crippen LogP contribution in [0.25, 0.3) is 11.0 Å². The number of hydrogen-bond acceptors (Lipinski definition) is 3. The lowest BCUT2D eigenvalue weighted by Gasteiger charge is -1.92. The first kappa shape index (κ1) is 8.83. The maximum absolute atomic E-state index is 10.7. The molecule has 0 spiro atoms. The molecule has 0 aromatic carbocycles. The number of nitrogens with zero attached hydrogens (tertiary/aromatic N) is 1. The molecule has 0 atom stereocenters. The van der Waals surface area contributed by atoms with E-state index in [1.807, 2.05) is 0 Å². The Hall–Kier alpha value is -1.75. The van der Waals surface area contributed by atoms with E-state index in [4.69, 9.17) is 16.7 Å². The molecule has 2 aromatic heterocycles. The Labute approximate surface area is 83.0 Å². The third-order valence-corrected chi connectivity index (χ3v) is 2.20. The number of carboxylic acid groups (broad SMARTS) is 1. The van der Waals surface area contributed by atoms with Gasteiger partial charge >= 0.3 is 5.97 Å². The fourth-order valence-electron chi connectivity index (χ4n) is 1.21. The van der Waals surface area contributed by atoms with Crippen molar-refractivity contribution in [2.45, 2.75) is 0 Å². The van der Waals surface area contributed by atoms with Crippen LogP contribution in [0.4, 0.5) is 0 Å². The molecule has 3 N–H and O–H groups in total. The van der Waals surface area contributed by atoms with E-state index in [1.165, 1.54) is 12.3 Å². The number of aromatic amines is 1. The largest absolute Gasteiger partial charge is 0.507 e. The van der Waals surface area contributed by atoms with Crippen molar-refractivity contribution in [2.24, 2.45) is 0 Å². The molecule has 0 radical (unpaired) electrons. The van der Waals surface area contributed by atoms with Gasteiger partial charge in [0.05, 0.1) is 10.4 Å². The molecule has 0 amide bonds. The van der Waals surface area contributed by atoms with Gasteiger partial charge in [-0.2, -0.15) is 0 Å². The lowest BCUT2D eigenvalue weighted by atomic mass is 10.3. The highest BCUT2D eigenvalue weighted by molar-refractivity contribution is 6.38. The summed E-state index contributed by atoms with van der Waals surface area (Å²) in [6.07, 6.45) is 1.36. The Balaban J connectivity index is 2.87. The Morgan fingerprint density at radius 3 is 2.86 bits per heavy atom. The Morgan fingerprint density at radius 2 is 2.29 bits per heavy atom. The van der Waals surface area contributed by atoms with E-state index >= 15 is 0 Å². The first-order chi connectivity index (χ1) is 6.61. The van der Waals surface area contributed by atoms with Crippen LogP contribution in [0.1, 0.15) is 10.5 Å². The fourth-order valence-corrected chi connectivity index (χ4v) is 1.52. The highest BCUT2D eigenvalue weighted by Gasteiger charge is 2.18. The summed E-state index contributed by atoms with van der Waals surface area (Å²) in [5.41, 5.74) is 0.0862. The van der Waals surface area contributed by atoms with E-state index in [0.29, 0.717) is 0 Å². The number of rotatable bonds is 1. The zero-order valence-corrected chi connectivity index (χ0v) is 7.54. The molecule has 2 heterocycles. The number of pyridine rings is 1. The minimum Gasteiger partial charge on any atom is -0.507 e. The third-order valence-electron chi connectivity index (χ3n) is 1.83. The van der Waals surface area contributed by atoms with Gasteiger partial charge < -0.3 is 15.2 Å². The van der Waals surface area contributed by atoms with Gasteiger partial charge in [0, 0.05) is 6.20 Å². The number of halogens is 1. The second-order valence-electron chi connectivity index (χ2n) is 2.67. The fraction of sp³-hybridized carbons (Fsp3) is 0. The van der Waals surface area contributed by atoms with Crippen molar-refractivity contribution in [2.75, 3.05) is 0 Å². The SMILES string of the molecule is O=C(O)c1[nH]c2nccc(O)c2c1Cl. The summed E-state index contributed by atoms with van der Waals surface area (Å²) in [7, 11) is 0. The highest BCUT2D eigenvalue weighted by Crippen LogP contribution is 2.32. The summed E-state index contributed by atoms with van der Waals surface area (Å²) >= 11 is 5.75.